The molecule has 1 unspecified atom stereocenters. The molecule has 1 heterocycles. The Hall–Kier alpha value is -0.280. The highest BCUT2D eigenvalue weighted by Gasteiger charge is 2.26. The molecule has 0 spiro atoms. The summed E-state index contributed by atoms with van der Waals surface area (Å²) in [5.74, 6) is 0. The Morgan fingerprint density at radius 3 is 2.59 bits per heavy atom. The van der Waals surface area contributed by atoms with E-state index < -0.39 is 10.2 Å². The number of hydrogen-bond acceptors (Lipinski definition) is 4. The van der Waals surface area contributed by atoms with Gasteiger partial charge in [0.15, 0.2) is 0 Å². The lowest BCUT2D eigenvalue weighted by Crippen LogP contribution is -2.50. The first-order chi connectivity index (χ1) is 7.95. The molecule has 8 heteroatoms. The summed E-state index contributed by atoms with van der Waals surface area (Å²) in [7, 11) is -3.45. The molecule has 6 nitrogen and oxygen atoms in total. The Balaban J connectivity index is 2.59. The van der Waals surface area contributed by atoms with E-state index >= 15 is 0 Å². The first-order valence-corrected chi connectivity index (χ1v) is 7.44. The van der Waals surface area contributed by atoms with Crippen molar-refractivity contribution in [2.45, 2.75) is 25.8 Å². The molecule has 0 bridgehead atoms. The molecule has 1 saturated heterocycles. The molecule has 0 aliphatic carbocycles. The van der Waals surface area contributed by atoms with Gasteiger partial charge in [0.2, 0.25) is 0 Å². The molecule has 1 aliphatic heterocycles. The number of hydrogen-bond donors (Lipinski definition) is 2. The summed E-state index contributed by atoms with van der Waals surface area (Å²) < 4.78 is 33.1. The van der Waals surface area contributed by atoms with Crippen molar-refractivity contribution in [1.29, 1.82) is 0 Å². The van der Waals surface area contributed by atoms with Gasteiger partial charge < -0.3 is 10.5 Å². The van der Waals surface area contributed by atoms with Crippen LogP contribution in [0.2, 0.25) is 0 Å². The minimum Gasteiger partial charge on any atom is -0.393 e. The van der Waals surface area contributed by atoms with Gasteiger partial charge in [-0.15, -0.1) is 0 Å². The first kappa shape index (κ1) is 14.8. The van der Waals surface area contributed by atoms with E-state index in [9.17, 15) is 8.42 Å². The van der Waals surface area contributed by atoms with Crippen molar-refractivity contribution < 1.29 is 13.2 Å². The molecule has 1 rings (SSSR count). The highest BCUT2D eigenvalue weighted by Crippen LogP contribution is 2.07. The largest absolute Gasteiger partial charge is 0.393 e. The zero-order valence-electron chi connectivity index (χ0n) is 9.89. The Morgan fingerprint density at radius 1 is 1.53 bits per heavy atom. The van der Waals surface area contributed by atoms with Crippen LogP contribution in [0.3, 0.4) is 0 Å². The lowest BCUT2D eigenvalue weighted by Gasteiger charge is -2.28. The summed E-state index contributed by atoms with van der Waals surface area (Å²) in [5, 5.41) is 0. The van der Waals surface area contributed by atoms with Crippen molar-refractivity contribution in [1.82, 2.24) is 9.03 Å². The predicted octanol–water partition coefficient (Wildman–Crippen LogP) is -0.392. The van der Waals surface area contributed by atoms with Crippen LogP contribution in [-0.4, -0.2) is 50.1 Å². The monoisotopic (exact) mass is 281 g/mol. The van der Waals surface area contributed by atoms with Crippen molar-refractivity contribution in [3.05, 3.63) is 0 Å². The molecule has 0 aromatic heterocycles. The number of nitrogens with one attached hydrogen (secondary N) is 1. The van der Waals surface area contributed by atoms with E-state index in [0.717, 1.165) is 0 Å². The van der Waals surface area contributed by atoms with Crippen molar-refractivity contribution in [3.8, 4) is 0 Å². The fourth-order valence-corrected chi connectivity index (χ4v) is 3.24. The molecule has 1 atom stereocenters. The van der Waals surface area contributed by atoms with Gasteiger partial charge >= 0.3 is 0 Å². The molecular weight excluding hydrogens is 262 g/mol. The van der Waals surface area contributed by atoms with Crippen LogP contribution in [0.4, 0.5) is 0 Å². The fraction of sp³-hybridized carbons (Fsp3) is 0.889. The van der Waals surface area contributed by atoms with Crippen molar-refractivity contribution in [2.75, 3.05) is 26.3 Å². The SMILES string of the molecule is CCC(CC(N)=S)NS(=O)(=O)N1CCOCC1. The highest BCUT2D eigenvalue weighted by atomic mass is 32.2. The van der Waals surface area contributed by atoms with E-state index in [1.165, 1.54) is 4.31 Å². The summed E-state index contributed by atoms with van der Waals surface area (Å²) >= 11 is 4.79. The molecule has 0 radical (unpaired) electrons. The molecule has 1 aliphatic rings. The molecule has 0 amide bonds. The molecule has 3 N–H and O–H groups in total. The standard InChI is InChI=1S/C9H19N3O3S2/c1-2-8(7-9(10)16)11-17(13,14)12-3-5-15-6-4-12/h8,11H,2-7H2,1H3,(H2,10,16). The topological polar surface area (TPSA) is 84.7 Å². The van der Waals surface area contributed by atoms with Gasteiger partial charge in [-0.25, -0.2) is 0 Å². The van der Waals surface area contributed by atoms with Crippen LogP contribution < -0.4 is 10.5 Å². The second-order valence-electron chi connectivity index (χ2n) is 3.91. The number of thiocarbonyl (C=S) groups is 1. The van der Waals surface area contributed by atoms with Crippen molar-refractivity contribution >= 4 is 27.4 Å². The quantitative estimate of drug-likeness (QED) is 0.648. The third kappa shape index (κ3) is 4.84. The zero-order chi connectivity index (χ0) is 12.9. The van der Waals surface area contributed by atoms with Crippen LogP contribution in [0.25, 0.3) is 0 Å². The Bertz CT molecular complexity index is 352. The average molecular weight is 281 g/mol. The Kier molecular flexibility index (Phi) is 5.74. The first-order valence-electron chi connectivity index (χ1n) is 5.59. The summed E-state index contributed by atoms with van der Waals surface area (Å²) in [6.45, 7) is 3.54. The molecular formula is C9H19N3O3S2. The second kappa shape index (κ2) is 6.60. The third-order valence-corrected chi connectivity index (χ3v) is 4.41. The Morgan fingerprint density at radius 2 is 2.12 bits per heavy atom. The van der Waals surface area contributed by atoms with Crippen LogP contribution in [0, 0.1) is 0 Å². The number of nitrogens with zero attached hydrogens (tertiary/aromatic N) is 1. The smallest absolute Gasteiger partial charge is 0.279 e. The van der Waals surface area contributed by atoms with Gasteiger partial charge in [0.25, 0.3) is 10.2 Å². The van der Waals surface area contributed by atoms with Gasteiger partial charge in [0, 0.05) is 25.6 Å². The maximum atomic E-state index is 12.0. The van der Waals surface area contributed by atoms with E-state index in [-0.39, 0.29) is 6.04 Å². The minimum absolute atomic E-state index is 0.236. The molecule has 100 valence electrons. The Labute approximate surface area is 108 Å². The normalized spacial score (nSPS) is 20.1. The second-order valence-corrected chi connectivity index (χ2v) is 6.14. The van der Waals surface area contributed by atoms with Gasteiger partial charge in [0.05, 0.1) is 18.2 Å². The third-order valence-electron chi connectivity index (χ3n) is 2.57. The average Bonchev–Trinajstić information content (AvgIpc) is 2.28. The van der Waals surface area contributed by atoms with Gasteiger partial charge in [-0.1, -0.05) is 19.1 Å². The van der Waals surface area contributed by atoms with E-state index in [1.807, 2.05) is 6.92 Å². The van der Waals surface area contributed by atoms with Crippen molar-refractivity contribution in [3.63, 3.8) is 0 Å². The molecule has 17 heavy (non-hydrogen) atoms. The molecule has 1 fully saturated rings. The fourth-order valence-electron chi connectivity index (χ4n) is 1.58. The minimum atomic E-state index is -3.45. The van der Waals surface area contributed by atoms with Crippen LogP contribution in [-0.2, 0) is 14.9 Å². The molecule has 0 aromatic carbocycles. The van der Waals surface area contributed by atoms with Crippen LogP contribution in [0.1, 0.15) is 19.8 Å². The van der Waals surface area contributed by atoms with E-state index in [2.05, 4.69) is 4.72 Å². The van der Waals surface area contributed by atoms with Gasteiger partial charge in [-0.2, -0.15) is 17.4 Å². The number of ether oxygens (including phenoxy) is 1. The van der Waals surface area contributed by atoms with Crippen molar-refractivity contribution in [2.24, 2.45) is 5.73 Å². The molecule has 0 saturated carbocycles. The van der Waals surface area contributed by atoms with Crippen LogP contribution in [0.5, 0.6) is 0 Å². The maximum absolute atomic E-state index is 12.0. The number of nitrogens with two attached hydrogens (primary N) is 1. The summed E-state index contributed by atoms with van der Waals surface area (Å²) in [6.07, 6.45) is 1.04. The summed E-state index contributed by atoms with van der Waals surface area (Å²) in [4.78, 5) is 0.321. The number of morpholine rings is 1. The van der Waals surface area contributed by atoms with Crippen LogP contribution >= 0.6 is 12.2 Å². The number of rotatable bonds is 6. The zero-order valence-corrected chi connectivity index (χ0v) is 11.5. The van der Waals surface area contributed by atoms with E-state index in [1.54, 1.807) is 0 Å². The highest BCUT2D eigenvalue weighted by molar-refractivity contribution is 7.87. The maximum Gasteiger partial charge on any atom is 0.279 e. The van der Waals surface area contributed by atoms with Gasteiger partial charge in [-0.05, 0) is 6.42 Å². The van der Waals surface area contributed by atoms with E-state index in [4.69, 9.17) is 22.7 Å². The predicted molar refractivity (Wildman–Crippen MR) is 69.9 cm³/mol. The van der Waals surface area contributed by atoms with E-state index in [0.29, 0.717) is 44.1 Å². The lowest BCUT2D eigenvalue weighted by molar-refractivity contribution is 0.0723. The van der Waals surface area contributed by atoms with Gasteiger partial charge in [-0.3, -0.25) is 0 Å². The van der Waals surface area contributed by atoms with Gasteiger partial charge in [0.1, 0.15) is 0 Å². The summed E-state index contributed by atoms with van der Waals surface area (Å²) in [5.41, 5.74) is 5.43. The summed E-state index contributed by atoms with van der Waals surface area (Å²) in [6, 6.07) is -0.236. The van der Waals surface area contributed by atoms with Crippen LogP contribution in [0.15, 0.2) is 0 Å². The molecule has 0 aromatic rings. The lowest BCUT2D eigenvalue weighted by atomic mass is 10.2.